The van der Waals surface area contributed by atoms with Gasteiger partial charge in [-0.15, -0.1) is 0 Å². The fourth-order valence-electron chi connectivity index (χ4n) is 2.74. The average Bonchev–Trinajstić information content (AvgIpc) is 2.74. The summed E-state index contributed by atoms with van der Waals surface area (Å²) in [6.07, 6.45) is 0. The molecular formula is C22H20ClN3O5S. The fraction of sp³-hybridized carbons (Fsp3) is 0.0909. The SMILES string of the molecule is Cc1cc(S(=O)(=O)Nc2ccc(Cl)cc2)ccc1OCC(=O)Nc1ccc(C(N)=O)cc1. The van der Waals surface area contributed by atoms with Gasteiger partial charge in [0.15, 0.2) is 6.61 Å². The monoisotopic (exact) mass is 473 g/mol. The zero-order valence-electron chi connectivity index (χ0n) is 17.0. The van der Waals surface area contributed by atoms with Crippen LogP contribution >= 0.6 is 11.6 Å². The number of nitrogens with one attached hydrogen (secondary N) is 2. The number of amides is 2. The van der Waals surface area contributed by atoms with Crippen LogP contribution in [0.2, 0.25) is 5.02 Å². The Kier molecular flexibility index (Phi) is 7.01. The molecule has 0 aliphatic carbocycles. The summed E-state index contributed by atoms with van der Waals surface area (Å²) in [5.41, 5.74) is 6.92. The van der Waals surface area contributed by atoms with Crippen LogP contribution in [0.3, 0.4) is 0 Å². The summed E-state index contributed by atoms with van der Waals surface area (Å²) in [5.74, 6) is -0.609. The summed E-state index contributed by atoms with van der Waals surface area (Å²) in [6.45, 7) is 1.39. The third kappa shape index (κ3) is 5.99. The van der Waals surface area contributed by atoms with Crippen molar-refractivity contribution in [2.24, 2.45) is 5.73 Å². The van der Waals surface area contributed by atoms with Crippen LogP contribution in [0, 0.1) is 6.92 Å². The minimum Gasteiger partial charge on any atom is -0.483 e. The number of carbonyl (C=O) groups excluding carboxylic acids is 2. The molecule has 0 aromatic heterocycles. The number of primary amides is 1. The fourth-order valence-corrected chi connectivity index (χ4v) is 4.01. The van der Waals surface area contributed by atoms with Crippen LogP contribution in [-0.4, -0.2) is 26.8 Å². The van der Waals surface area contributed by atoms with Crippen molar-refractivity contribution in [1.29, 1.82) is 0 Å². The number of halogens is 1. The Bertz CT molecular complexity index is 1240. The van der Waals surface area contributed by atoms with Crippen molar-refractivity contribution in [3.05, 3.63) is 82.9 Å². The van der Waals surface area contributed by atoms with Crippen molar-refractivity contribution in [3.8, 4) is 5.75 Å². The van der Waals surface area contributed by atoms with E-state index in [0.717, 1.165) is 0 Å². The molecular weight excluding hydrogens is 454 g/mol. The summed E-state index contributed by atoms with van der Waals surface area (Å²) in [5, 5.41) is 3.13. The number of ether oxygens (including phenoxy) is 1. The molecule has 0 unspecified atom stereocenters. The van der Waals surface area contributed by atoms with E-state index in [0.29, 0.717) is 33.3 Å². The number of benzene rings is 3. The first kappa shape index (κ1) is 23.1. The lowest BCUT2D eigenvalue weighted by molar-refractivity contribution is -0.118. The Morgan fingerprint density at radius 2 is 1.59 bits per heavy atom. The van der Waals surface area contributed by atoms with Gasteiger partial charge >= 0.3 is 0 Å². The van der Waals surface area contributed by atoms with Gasteiger partial charge in [0.1, 0.15) is 5.75 Å². The number of hydrogen-bond acceptors (Lipinski definition) is 5. The van der Waals surface area contributed by atoms with Crippen molar-refractivity contribution in [2.45, 2.75) is 11.8 Å². The smallest absolute Gasteiger partial charge is 0.262 e. The molecule has 10 heteroatoms. The van der Waals surface area contributed by atoms with Gasteiger partial charge in [-0.1, -0.05) is 11.6 Å². The highest BCUT2D eigenvalue weighted by atomic mass is 35.5. The second kappa shape index (κ2) is 9.71. The molecule has 0 fully saturated rings. The van der Waals surface area contributed by atoms with Gasteiger partial charge in [-0.25, -0.2) is 8.42 Å². The molecule has 0 spiro atoms. The molecule has 0 aliphatic rings. The van der Waals surface area contributed by atoms with E-state index in [1.165, 1.54) is 30.3 Å². The number of nitrogens with two attached hydrogens (primary N) is 1. The molecule has 32 heavy (non-hydrogen) atoms. The maximum Gasteiger partial charge on any atom is 0.262 e. The van der Waals surface area contributed by atoms with E-state index in [1.807, 2.05) is 0 Å². The van der Waals surface area contributed by atoms with Crippen LogP contribution in [0.4, 0.5) is 11.4 Å². The van der Waals surface area contributed by atoms with Crippen molar-refractivity contribution in [3.63, 3.8) is 0 Å². The average molecular weight is 474 g/mol. The molecule has 8 nitrogen and oxygen atoms in total. The molecule has 0 heterocycles. The summed E-state index contributed by atoms with van der Waals surface area (Å²) in [4.78, 5) is 23.3. The van der Waals surface area contributed by atoms with Crippen molar-refractivity contribution in [2.75, 3.05) is 16.6 Å². The molecule has 3 rings (SSSR count). The Labute approximate surface area is 190 Å². The van der Waals surface area contributed by atoms with Crippen LogP contribution in [0.25, 0.3) is 0 Å². The molecule has 0 bridgehead atoms. The van der Waals surface area contributed by atoms with Gasteiger partial charge < -0.3 is 15.8 Å². The molecule has 3 aromatic carbocycles. The molecule has 0 atom stereocenters. The van der Waals surface area contributed by atoms with Crippen LogP contribution < -0.4 is 20.5 Å². The maximum absolute atomic E-state index is 12.6. The molecule has 0 radical (unpaired) electrons. The predicted octanol–water partition coefficient (Wildman–Crippen LogP) is 3.57. The maximum atomic E-state index is 12.6. The largest absolute Gasteiger partial charge is 0.483 e. The summed E-state index contributed by atoms with van der Waals surface area (Å²) < 4.78 is 33.2. The van der Waals surface area contributed by atoms with Crippen LogP contribution in [0.15, 0.2) is 71.6 Å². The van der Waals surface area contributed by atoms with Gasteiger partial charge in [0.2, 0.25) is 5.91 Å². The first-order valence-corrected chi connectivity index (χ1v) is 11.2. The van der Waals surface area contributed by atoms with E-state index >= 15 is 0 Å². The van der Waals surface area contributed by atoms with Crippen LogP contribution in [-0.2, 0) is 14.8 Å². The summed E-state index contributed by atoms with van der Waals surface area (Å²) in [6, 6.07) is 16.7. The van der Waals surface area contributed by atoms with Gasteiger partial charge in [0.05, 0.1) is 4.90 Å². The number of aryl methyl sites for hydroxylation is 1. The van der Waals surface area contributed by atoms with Crippen molar-refractivity contribution >= 4 is 44.8 Å². The van der Waals surface area contributed by atoms with E-state index < -0.39 is 21.8 Å². The first-order valence-electron chi connectivity index (χ1n) is 9.35. The number of hydrogen-bond donors (Lipinski definition) is 3. The minimum absolute atomic E-state index is 0.0521. The molecule has 0 aliphatic heterocycles. The molecule has 4 N–H and O–H groups in total. The third-order valence-electron chi connectivity index (χ3n) is 4.37. The Morgan fingerprint density at radius 1 is 0.969 bits per heavy atom. The lowest BCUT2D eigenvalue weighted by Crippen LogP contribution is -2.20. The van der Waals surface area contributed by atoms with Gasteiger partial charge in [0.25, 0.3) is 15.9 Å². The highest BCUT2D eigenvalue weighted by Crippen LogP contribution is 2.24. The Balaban J connectivity index is 1.61. The number of rotatable bonds is 8. The lowest BCUT2D eigenvalue weighted by atomic mass is 10.2. The minimum atomic E-state index is -3.81. The van der Waals surface area contributed by atoms with E-state index in [1.54, 1.807) is 43.3 Å². The van der Waals surface area contributed by atoms with Crippen molar-refractivity contribution < 1.29 is 22.7 Å². The molecule has 166 valence electrons. The van der Waals surface area contributed by atoms with Crippen molar-refractivity contribution in [1.82, 2.24) is 0 Å². The second-order valence-electron chi connectivity index (χ2n) is 6.82. The molecule has 0 saturated heterocycles. The first-order chi connectivity index (χ1) is 15.1. The number of anilines is 2. The second-order valence-corrected chi connectivity index (χ2v) is 8.94. The predicted molar refractivity (Wildman–Crippen MR) is 123 cm³/mol. The van der Waals surface area contributed by atoms with E-state index in [9.17, 15) is 18.0 Å². The quantitative estimate of drug-likeness (QED) is 0.460. The standard InChI is InChI=1S/C22H20ClN3O5S/c1-14-12-19(32(29,30)26-18-8-4-16(23)5-9-18)10-11-20(14)31-13-21(27)25-17-6-2-15(3-7-17)22(24)28/h2-12,26H,13H2,1H3,(H2,24,28)(H,25,27). The highest BCUT2D eigenvalue weighted by Gasteiger charge is 2.16. The van der Waals surface area contributed by atoms with Gasteiger partial charge in [0, 0.05) is 22.0 Å². The topological polar surface area (TPSA) is 128 Å². The number of carbonyl (C=O) groups is 2. The van der Waals surface area contributed by atoms with Gasteiger partial charge in [-0.2, -0.15) is 0 Å². The van der Waals surface area contributed by atoms with Gasteiger partial charge in [-0.3, -0.25) is 14.3 Å². The summed E-state index contributed by atoms with van der Waals surface area (Å²) >= 11 is 5.82. The number of sulfonamides is 1. The molecule has 0 saturated carbocycles. The van der Waals surface area contributed by atoms with E-state index in [4.69, 9.17) is 22.1 Å². The van der Waals surface area contributed by atoms with Crippen LogP contribution in [0.5, 0.6) is 5.75 Å². The highest BCUT2D eigenvalue weighted by molar-refractivity contribution is 7.92. The van der Waals surface area contributed by atoms with E-state index in [-0.39, 0.29) is 11.5 Å². The normalized spacial score (nSPS) is 10.9. The molecule has 2 amide bonds. The lowest BCUT2D eigenvalue weighted by Gasteiger charge is -2.12. The Hall–Kier alpha value is -3.56. The summed E-state index contributed by atoms with van der Waals surface area (Å²) in [7, 11) is -3.81. The van der Waals surface area contributed by atoms with E-state index in [2.05, 4.69) is 10.0 Å². The zero-order valence-corrected chi connectivity index (χ0v) is 18.5. The Morgan fingerprint density at radius 3 is 2.19 bits per heavy atom. The van der Waals surface area contributed by atoms with Crippen LogP contribution in [0.1, 0.15) is 15.9 Å². The zero-order chi connectivity index (χ0) is 23.3. The third-order valence-corrected chi connectivity index (χ3v) is 6.00. The van der Waals surface area contributed by atoms with Gasteiger partial charge in [-0.05, 0) is 79.2 Å². The molecule has 3 aromatic rings.